The van der Waals surface area contributed by atoms with E-state index >= 15 is 0 Å². The lowest BCUT2D eigenvalue weighted by Gasteiger charge is -2.45. The fraction of sp³-hybridized carbons (Fsp3) is 0.364. The molecule has 1 saturated heterocycles. The number of likely N-dealkylation sites (tertiary alicyclic amines) is 1. The number of carbonyl (C=O) groups excluding carboxylic acids is 1. The van der Waals surface area contributed by atoms with E-state index in [4.69, 9.17) is 17.3 Å². The fourth-order valence-electron chi connectivity index (χ4n) is 2.01. The number of halogens is 1. The first-order valence-electron chi connectivity index (χ1n) is 4.96. The van der Waals surface area contributed by atoms with Crippen LogP contribution in [0.1, 0.15) is 18.5 Å². The van der Waals surface area contributed by atoms with Gasteiger partial charge in [-0.3, -0.25) is 4.79 Å². The molecule has 80 valence electrons. The van der Waals surface area contributed by atoms with Crippen LogP contribution in [0.2, 0.25) is 5.02 Å². The van der Waals surface area contributed by atoms with E-state index in [1.165, 1.54) is 0 Å². The minimum absolute atomic E-state index is 0.0128. The summed E-state index contributed by atoms with van der Waals surface area (Å²) in [7, 11) is 0. The molecule has 0 aromatic heterocycles. The average molecular weight is 225 g/mol. The van der Waals surface area contributed by atoms with Gasteiger partial charge in [-0.15, -0.1) is 0 Å². The number of rotatable bonds is 2. The van der Waals surface area contributed by atoms with Gasteiger partial charge in [-0.2, -0.15) is 0 Å². The summed E-state index contributed by atoms with van der Waals surface area (Å²) < 4.78 is 0. The summed E-state index contributed by atoms with van der Waals surface area (Å²) in [6.07, 6.45) is 0. The molecule has 2 N–H and O–H groups in total. The van der Waals surface area contributed by atoms with E-state index in [1.807, 2.05) is 31.2 Å². The summed E-state index contributed by atoms with van der Waals surface area (Å²) in [6.45, 7) is 2.63. The smallest absolute Gasteiger partial charge is 0.242 e. The zero-order chi connectivity index (χ0) is 11.0. The van der Waals surface area contributed by atoms with Crippen LogP contribution in [-0.2, 0) is 4.79 Å². The Morgan fingerprint density at radius 1 is 1.53 bits per heavy atom. The molecule has 0 unspecified atom stereocenters. The molecule has 2 rings (SSSR count). The highest BCUT2D eigenvalue weighted by molar-refractivity contribution is 6.30. The summed E-state index contributed by atoms with van der Waals surface area (Å²) in [5, 5.41) is 0.676. The van der Waals surface area contributed by atoms with Crippen molar-refractivity contribution in [2.75, 3.05) is 6.54 Å². The van der Waals surface area contributed by atoms with E-state index in [9.17, 15) is 4.79 Å². The first-order valence-corrected chi connectivity index (χ1v) is 5.34. The third-order valence-corrected chi connectivity index (χ3v) is 3.01. The van der Waals surface area contributed by atoms with Gasteiger partial charge in [-0.05, 0) is 24.6 Å². The zero-order valence-electron chi connectivity index (χ0n) is 8.48. The maximum absolute atomic E-state index is 11.4. The predicted octanol–water partition coefficient (Wildman–Crippen LogP) is 1.57. The van der Waals surface area contributed by atoms with Crippen LogP contribution >= 0.6 is 11.6 Å². The van der Waals surface area contributed by atoms with Crippen LogP contribution in [0.25, 0.3) is 0 Å². The van der Waals surface area contributed by atoms with Crippen molar-refractivity contribution < 1.29 is 4.79 Å². The molecule has 0 radical (unpaired) electrons. The summed E-state index contributed by atoms with van der Waals surface area (Å²) in [4.78, 5) is 13.2. The molecule has 0 aliphatic carbocycles. The van der Waals surface area contributed by atoms with Crippen LogP contribution in [0.5, 0.6) is 0 Å². The number of likely N-dealkylation sites (N-methyl/N-ethyl adjacent to an activating group) is 1. The van der Waals surface area contributed by atoms with Crippen LogP contribution in [0.15, 0.2) is 24.3 Å². The Balaban J connectivity index is 2.28. The van der Waals surface area contributed by atoms with E-state index in [0.717, 1.165) is 5.56 Å². The third kappa shape index (κ3) is 1.62. The van der Waals surface area contributed by atoms with Crippen LogP contribution in [-0.4, -0.2) is 23.4 Å². The fourth-order valence-corrected chi connectivity index (χ4v) is 2.20. The van der Waals surface area contributed by atoms with Gasteiger partial charge in [-0.25, -0.2) is 0 Å². The first-order chi connectivity index (χ1) is 7.15. The second-order valence-electron chi connectivity index (χ2n) is 3.65. The predicted molar refractivity (Wildman–Crippen MR) is 59.6 cm³/mol. The summed E-state index contributed by atoms with van der Waals surface area (Å²) in [5.41, 5.74) is 6.79. The van der Waals surface area contributed by atoms with E-state index < -0.39 is 6.04 Å². The zero-order valence-corrected chi connectivity index (χ0v) is 9.24. The van der Waals surface area contributed by atoms with Crippen molar-refractivity contribution in [3.05, 3.63) is 34.9 Å². The van der Waals surface area contributed by atoms with Crippen LogP contribution < -0.4 is 5.73 Å². The number of carbonyl (C=O) groups is 1. The number of benzene rings is 1. The second kappa shape index (κ2) is 3.83. The van der Waals surface area contributed by atoms with Gasteiger partial charge in [0.15, 0.2) is 0 Å². The molecule has 15 heavy (non-hydrogen) atoms. The lowest BCUT2D eigenvalue weighted by Crippen LogP contribution is -2.62. The Labute approximate surface area is 93.8 Å². The minimum Gasteiger partial charge on any atom is -0.332 e. The van der Waals surface area contributed by atoms with E-state index in [2.05, 4.69) is 0 Å². The van der Waals surface area contributed by atoms with Crippen molar-refractivity contribution in [3.8, 4) is 0 Å². The first kappa shape index (κ1) is 10.5. The van der Waals surface area contributed by atoms with Gasteiger partial charge in [0.25, 0.3) is 0 Å². The number of nitrogens with zero attached hydrogens (tertiary/aromatic N) is 1. The van der Waals surface area contributed by atoms with Crippen molar-refractivity contribution in [2.24, 2.45) is 5.73 Å². The van der Waals surface area contributed by atoms with Gasteiger partial charge in [0.2, 0.25) is 5.91 Å². The minimum atomic E-state index is -0.414. The maximum Gasteiger partial charge on any atom is 0.242 e. The Morgan fingerprint density at radius 3 is 2.87 bits per heavy atom. The van der Waals surface area contributed by atoms with Gasteiger partial charge in [0.1, 0.15) is 6.04 Å². The number of nitrogens with two attached hydrogens (primary N) is 1. The molecule has 0 spiro atoms. The van der Waals surface area contributed by atoms with Gasteiger partial charge < -0.3 is 10.6 Å². The second-order valence-corrected chi connectivity index (χ2v) is 4.09. The number of hydrogen-bond donors (Lipinski definition) is 1. The molecule has 2 atom stereocenters. The SMILES string of the molecule is CCN1C(=O)[C@@H](N)[C@@H]1c1cccc(Cl)c1. The topological polar surface area (TPSA) is 46.3 Å². The van der Waals surface area contributed by atoms with Crippen molar-refractivity contribution in [3.63, 3.8) is 0 Å². The van der Waals surface area contributed by atoms with Gasteiger partial charge in [0.05, 0.1) is 6.04 Å². The lowest BCUT2D eigenvalue weighted by molar-refractivity contribution is -0.149. The largest absolute Gasteiger partial charge is 0.332 e. The normalized spacial score (nSPS) is 25.3. The van der Waals surface area contributed by atoms with Gasteiger partial charge in [-0.1, -0.05) is 23.7 Å². The molecule has 0 bridgehead atoms. The Kier molecular flexibility index (Phi) is 2.67. The molecule has 1 amide bonds. The Hall–Kier alpha value is -1.06. The quantitative estimate of drug-likeness (QED) is 0.776. The van der Waals surface area contributed by atoms with Gasteiger partial charge in [0, 0.05) is 11.6 Å². The molecule has 1 aliphatic heterocycles. The van der Waals surface area contributed by atoms with Crippen LogP contribution in [0.3, 0.4) is 0 Å². The molecule has 1 aliphatic rings. The molecule has 3 nitrogen and oxygen atoms in total. The van der Waals surface area contributed by atoms with Gasteiger partial charge >= 0.3 is 0 Å². The Bertz CT molecular complexity index is 394. The van der Waals surface area contributed by atoms with Crippen molar-refractivity contribution in [1.29, 1.82) is 0 Å². The number of β-lactam (4-membered cyclic amide) rings is 1. The summed E-state index contributed by atoms with van der Waals surface area (Å²) in [5.74, 6) is 0.0162. The van der Waals surface area contributed by atoms with E-state index in [1.54, 1.807) is 4.90 Å². The van der Waals surface area contributed by atoms with Crippen molar-refractivity contribution in [2.45, 2.75) is 19.0 Å². The molecule has 0 saturated carbocycles. The lowest BCUT2D eigenvalue weighted by atomic mass is 9.89. The highest BCUT2D eigenvalue weighted by Crippen LogP contribution is 2.33. The Morgan fingerprint density at radius 2 is 2.27 bits per heavy atom. The highest BCUT2D eigenvalue weighted by atomic mass is 35.5. The maximum atomic E-state index is 11.4. The van der Waals surface area contributed by atoms with Crippen LogP contribution in [0.4, 0.5) is 0 Å². The standard InChI is InChI=1S/C11H13ClN2O/c1-2-14-10(9(13)11(14)15)7-4-3-5-8(12)6-7/h3-6,9-10H,2,13H2,1H3/t9-,10-/m0/s1. The molecular formula is C11H13ClN2O. The number of amides is 1. The molecule has 1 aromatic carbocycles. The van der Waals surface area contributed by atoms with Crippen LogP contribution in [0, 0.1) is 0 Å². The molecule has 4 heteroatoms. The van der Waals surface area contributed by atoms with Crippen molar-refractivity contribution in [1.82, 2.24) is 4.90 Å². The average Bonchev–Trinajstić information content (AvgIpc) is 2.24. The number of hydrogen-bond acceptors (Lipinski definition) is 2. The summed E-state index contributed by atoms with van der Waals surface area (Å²) in [6, 6.07) is 7.07. The highest BCUT2D eigenvalue weighted by Gasteiger charge is 2.44. The van der Waals surface area contributed by atoms with E-state index in [0.29, 0.717) is 11.6 Å². The molecule has 1 fully saturated rings. The molecule has 1 heterocycles. The summed E-state index contributed by atoms with van der Waals surface area (Å²) >= 11 is 5.90. The van der Waals surface area contributed by atoms with E-state index in [-0.39, 0.29) is 11.9 Å². The monoisotopic (exact) mass is 224 g/mol. The molecular weight excluding hydrogens is 212 g/mol. The van der Waals surface area contributed by atoms with Crippen molar-refractivity contribution >= 4 is 17.5 Å². The molecule has 1 aromatic rings. The third-order valence-electron chi connectivity index (χ3n) is 2.78.